The zero-order valence-corrected chi connectivity index (χ0v) is 11.9. The minimum atomic E-state index is -3.99. The van der Waals surface area contributed by atoms with E-state index in [4.69, 9.17) is 5.11 Å². The van der Waals surface area contributed by atoms with E-state index in [2.05, 4.69) is 9.46 Å². The van der Waals surface area contributed by atoms with E-state index in [0.717, 1.165) is 13.2 Å². The molecule has 0 saturated heterocycles. The number of benzene rings is 1. The number of carbonyl (C=O) groups excluding carboxylic acids is 1. The van der Waals surface area contributed by atoms with Gasteiger partial charge in [-0.3, -0.25) is 0 Å². The molecule has 3 N–H and O–H groups in total. The van der Waals surface area contributed by atoms with E-state index in [0.29, 0.717) is 11.1 Å². The van der Waals surface area contributed by atoms with E-state index >= 15 is 0 Å². The van der Waals surface area contributed by atoms with Crippen molar-refractivity contribution in [1.82, 2.24) is 9.44 Å². The second-order valence-corrected chi connectivity index (χ2v) is 5.33. The number of nitrogens with one attached hydrogen (secondary N) is 2. The normalized spacial score (nSPS) is 11.3. The summed E-state index contributed by atoms with van der Waals surface area (Å²) in [6.07, 6.45) is 1.32. The molecular weight excluding hydrogens is 300 g/mol. The number of amides is 1. The minimum absolute atomic E-state index is 0.0325. The molecule has 9 heteroatoms. The molecule has 114 valence electrons. The van der Waals surface area contributed by atoms with Crippen molar-refractivity contribution in [3.05, 3.63) is 41.5 Å². The molecule has 1 amide bonds. The molecule has 1 aromatic rings. The minimum Gasteiger partial charge on any atom is -0.478 e. The van der Waals surface area contributed by atoms with Gasteiger partial charge in [-0.15, -0.1) is 0 Å². The van der Waals surface area contributed by atoms with Crippen LogP contribution in [-0.2, 0) is 26.3 Å². The van der Waals surface area contributed by atoms with E-state index in [1.54, 1.807) is 29.0 Å². The zero-order chi connectivity index (χ0) is 15.9. The molecule has 0 heterocycles. The fourth-order valence-corrected chi connectivity index (χ4v) is 2.01. The van der Waals surface area contributed by atoms with Crippen molar-refractivity contribution >= 4 is 28.3 Å². The lowest BCUT2D eigenvalue weighted by Gasteiger charge is -2.07. The number of hydrogen-bond acceptors (Lipinski definition) is 5. The standard InChI is InChI=1S/C12H14N2O6S/c1-20-12(17)14-21(18,19)13-8-10-4-2-9(3-5-10)6-7-11(15)16/h2-7,13H,8H2,1H3,(H,14,17)(H,15,16)/b7-6+. The number of ether oxygens (including phenoxy) is 1. The first kappa shape index (κ1) is 16.7. The number of carbonyl (C=O) groups is 2. The van der Waals surface area contributed by atoms with Crippen LogP contribution in [0.25, 0.3) is 6.08 Å². The van der Waals surface area contributed by atoms with E-state index in [1.165, 1.54) is 6.08 Å². The summed E-state index contributed by atoms with van der Waals surface area (Å²) in [5.41, 5.74) is 1.30. The van der Waals surface area contributed by atoms with Crippen molar-refractivity contribution in [3.63, 3.8) is 0 Å². The van der Waals surface area contributed by atoms with Crippen LogP contribution < -0.4 is 9.44 Å². The Balaban J connectivity index is 2.60. The van der Waals surface area contributed by atoms with Gasteiger partial charge >= 0.3 is 22.3 Å². The fourth-order valence-electron chi connectivity index (χ4n) is 1.28. The van der Waals surface area contributed by atoms with Crippen LogP contribution in [0.2, 0.25) is 0 Å². The third-order valence-corrected chi connectivity index (χ3v) is 3.23. The average molecular weight is 314 g/mol. The Morgan fingerprint density at radius 1 is 1.29 bits per heavy atom. The van der Waals surface area contributed by atoms with Crippen LogP contribution in [0.15, 0.2) is 30.3 Å². The van der Waals surface area contributed by atoms with Crippen LogP contribution >= 0.6 is 0 Å². The average Bonchev–Trinajstić information content (AvgIpc) is 2.43. The summed E-state index contributed by atoms with van der Waals surface area (Å²) >= 11 is 0. The van der Waals surface area contributed by atoms with Gasteiger partial charge in [0.25, 0.3) is 0 Å². The highest BCUT2D eigenvalue weighted by atomic mass is 32.2. The van der Waals surface area contributed by atoms with Gasteiger partial charge in [-0.25, -0.2) is 14.3 Å². The number of carboxylic acid groups (broad SMARTS) is 1. The van der Waals surface area contributed by atoms with Crippen molar-refractivity contribution < 1.29 is 27.9 Å². The van der Waals surface area contributed by atoms with Gasteiger partial charge in [0, 0.05) is 12.6 Å². The first-order chi connectivity index (χ1) is 9.82. The smallest absolute Gasteiger partial charge is 0.421 e. The highest BCUT2D eigenvalue weighted by Crippen LogP contribution is 2.06. The number of methoxy groups -OCH3 is 1. The quantitative estimate of drug-likeness (QED) is 0.656. The van der Waals surface area contributed by atoms with Gasteiger partial charge in [0.1, 0.15) is 0 Å². The summed E-state index contributed by atoms with van der Waals surface area (Å²) in [6, 6.07) is 6.53. The van der Waals surface area contributed by atoms with Crippen molar-refractivity contribution in [3.8, 4) is 0 Å². The highest BCUT2D eigenvalue weighted by Gasteiger charge is 2.13. The molecular formula is C12H14N2O6S. The topological polar surface area (TPSA) is 122 Å². The summed E-state index contributed by atoms with van der Waals surface area (Å²) in [5, 5.41) is 8.49. The second-order valence-electron chi connectivity index (χ2n) is 3.83. The van der Waals surface area contributed by atoms with Crippen LogP contribution in [0.5, 0.6) is 0 Å². The van der Waals surface area contributed by atoms with Gasteiger partial charge in [0.15, 0.2) is 0 Å². The first-order valence-corrected chi connectivity index (χ1v) is 7.16. The molecule has 1 rings (SSSR count). The van der Waals surface area contributed by atoms with Crippen LogP contribution in [0.4, 0.5) is 4.79 Å². The van der Waals surface area contributed by atoms with E-state index < -0.39 is 22.3 Å². The van der Waals surface area contributed by atoms with Crippen LogP contribution in [-0.4, -0.2) is 32.7 Å². The third kappa shape index (κ3) is 6.54. The summed E-state index contributed by atoms with van der Waals surface area (Å²) in [6.45, 7) is -0.0325. The lowest BCUT2D eigenvalue weighted by Crippen LogP contribution is -2.39. The molecule has 0 atom stereocenters. The van der Waals surface area contributed by atoms with Crippen molar-refractivity contribution in [1.29, 1.82) is 0 Å². The SMILES string of the molecule is COC(=O)NS(=O)(=O)NCc1ccc(/C=C/C(=O)O)cc1. The summed E-state index contributed by atoms with van der Waals surface area (Å²) in [4.78, 5) is 21.2. The molecule has 0 radical (unpaired) electrons. The molecule has 21 heavy (non-hydrogen) atoms. The molecule has 0 bridgehead atoms. The predicted molar refractivity (Wildman–Crippen MR) is 74.4 cm³/mol. The Bertz CT molecular complexity index is 636. The van der Waals surface area contributed by atoms with Gasteiger partial charge < -0.3 is 9.84 Å². The number of rotatable bonds is 6. The zero-order valence-electron chi connectivity index (χ0n) is 11.1. The molecule has 0 fully saturated rings. The Labute approximate surface area is 121 Å². The number of aliphatic carboxylic acids is 1. The molecule has 0 aliphatic rings. The molecule has 0 spiro atoms. The molecule has 0 aliphatic heterocycles. The maximum atomic E-state index is 11.4. The molecule has 0 aliphatic carbocycles. The Morgan fingerprint density at radius 2 is 1.90 bits per heavy atom. The molecule has 0 saturated carbocycles. The van der Waals surface area contributed by atoms with Gasteiger partial charge in [-0.1, -0.05) is 24.3 Å². The molecule has 0 aromatic heterocycles. The van der Waals surface area contributed by atoms with Crippen molar-refractivity contribution in [2.24, 2.45) is 0 Å². The van der Waals surface area contributed by atoms with E-state index in [-0.39, 0.29) is 6.54 Å². The maximum absolute atomic E-state index is 11.4. The molecule has 8 nitrogen and oxygen atoms in total. The van der Waals surface area contributed by atoms with Crippen LogP contribution in [0, 0.1) is 0 Å². The number of hydrogen-bond donors (Lipinski definition) is 3. The Hall–Kier alpha value is -2.39. The lowest BCUT2D eigenvalue weighted by molar-refractivity contribution is -0.131. The van der Waals surface area contributed by atoms with Crippen molar-refractivity contribution in [2.45, 2.75) is 6.54 Å². The molecule has 1 aromatic carbocycles. The predicted octanol–water partition coefficient (Wildman–Crippen LogP) is 0.475. The van der Waals surface area contributed by atoms with Gasteiger partial charge in [-0.05, 0) is 17.2 Å². The first-order valence-electron chi connectivity index (χ1n) is 5.67. The number of carboxylic acids is 1. The highest BCUT2D eigenvalue weighted by molar-refractivity contribution is 7.88. The Morgan fingerprint density at radius 3 is 2.43 bits per heavy atom. The van der Waals surface area contributed by atoms with Gasteiger partial charge in [-0.2, -0.15) is 13.1 Å². The summed E-state index contributed by atoms with van der Waals surface area (Å²) in [7, 11) is -2.94. The second kappa shape index (κ2) is 7.41. The third-order valence-electron chi connectivity index (χ3n) is 2.27. The largest absolute Gasteiger partial charge is 0.478 e. The summed E-state index contributed by atoms with van der Waals surface area (Å²) in [5.74, 6) is -1.05. The summed E-state index contributed by atoms with van der Waals surface area (Å²) < 4.78 is 30.8. The van der Waals surface area contributed by atoms with Crippen molar-refractivity contribution in [2.75, 3.05) is 7.11 Å². The fraction of sp³-hybridized carbons (Fsp3) is 0.167. The van der Waals surface area contributed by atoms with Crippen LogP contribution in [0.3, 0.4) is 0 Å². The van der Waals surface area contributed by atoms with E-state index in [9.17, 15) is 18.0 Å². The Kier molecular flexibility index (Phi) is 5.88. The molecule has 0 unspecified atom stereocenters. The monoisotopic (exact) mass is 314 g/mol. The van der Waals surface area contributed by atoms with Crippen LogP contribution in [0.1, 0.15) is 11.1 Å². The van der Waals surface area contributed by atoms with E-state index in [1.807, 2.05) is 0 Å². The lowest BCUT2D eigenvalue weighted by atomic mass is 10.1. The van der Waals surface area contributed by atoms with Gasteiger partial charge in [0.05, 0.1) is 7.11 Å². The maximum Gasteiger partial charge on any atom is 0.421 e. The van der Waals surface area contributed by atoms with Gasteiger partial charge in [0.2, 0.25) is 0 Å².